The summed E-state index contributed by atoms with van der Waals surface area (Å²) in [5, 5.41) is 29.1. The molecule has 0 aromatic rings. The minimum absolute atomic E-state index is 0.183. The third-order valence-corrected chi connectivity index (χ3v) is 9.41. The van der Waals surface area contributed by atoms with Crippen molar-refractivity contribution in [1.29, 1.82) is 0 Å². The summed E-state index contributed by atoms with van der Waals surface area (Å²) in [6, 6.07) is 0. The van der Waals surface area contributed by atoms with Gasteiger partial charge in [-0.2, -0.15) is 0 Å². The average Bonchev–Trinajstić information content (AvgIpc) is 3.09. The highest BCUT2D eigenvalue weighted by molar-refractivity contribution is 5.81. The van der Waals surface area contributed by atoms with E-state index < -0.39 is 36.2 Å². The van der Waals surface area contributed by atoms with Gasteiger partial charge < -0.3 is 37.3 Å². The van der Waals surface area contributed by atoms with Crippen LogP contribution in [-0.4, -0.2) is 64.7 Å². The zero-order valence-electron chi connectivity index (χ0n) is 32.2. The van der Waals surface area contributed by atoms with Crippen LogP contribution < -0.4 is 17.2 Å². The van der Waals surface area contributed by atoms with E-state index in [9.17, 15) is 24.9 Å². The Kier molecular flexibility index (Phi) is 40.2. The van der Waals surface area contributed by atoms with Crippen LogP contribution >= 0.6 is 0 Å². The van der Waals surface area contributed by atoms with E-state index in [1.807, 2.05) is 0 Å². The summed E-state index contributed by atoms with van der Waals surface area (Å²) in [6.07, 6.45) is 32.5. The van der Waals surface area contributed by atoms with Crippen LogP contribution in [0.15, 0.2) is 0 Å². The molecule has 0 aromatic carbocycles. The highest BCUT2D eigenvalue weighted by Crippen LogP contribution is 2.15. The van der Waals surface area contributed by atoms with Gasteiger partial charge in [-0.3, -0.25) is 9.59 Å². The number of rotatable bonds is 37. The highest BCUT2D eigenvalue weighted by atomic mass is 16.5. The van der Waals surface area contributed by atoms with E-state index in [1.165, 1.54) is 167 Å². The topological polar surface area (TPSA) is 182 Å². The maximum Gasteiger partial charge on any atom is 0.249 e. The third kappa shape index (κ3) is 34.9. The number of aliphatic hydroxyl groups excluding tert-OH is 3. The zero-order chi connectivity index (χ0) is 36.8. The van der Waals surface area contributed by atoms with Gasteiger partial charge in [-0.05, 0) is 19.4 Å². The van der Waals surface area contributed by atoms with Crippen molar-refractivity contribution >= 4 is 11.8 Å². The Bertz CT molecular complexity index is 683. The van der Waals surface area contributed by atoms with Gasteiger partial charge in [-0.1, -0.05) is 194 Å². The Hall–Kier alpha value is -1.26. The molecule has 9 nitrogen and oxygen atoms in total. The Morgan fingerprint density at radius 2 is 0.735 bits per heavy atom. The van der Waals surface area contributed by atoms with Crippen molar-refractivity contribution in [1.82, 2.24) is 0 Å². The summed E-state index contributed by atoms with van der Waals surface area (Å²) < 4.78 is 5.28. The standard InChI is InChI=1S/C23H46N2O6.C17H37N/c1-2-3-4-5-6-7-8-9-10-11-12-13-14-15-16-17-31-21(23(25)30)19(27)18(26)20(28)22(24)29;1-2-3-4-5-6-7-8-9-10-11-12-13-14-15-16-17-18/h18-21,26-28H,2-17H2,1H3,(H2,24,29)(H2,25,30);2-18H2,1H3/t18-,19-,20-,21+;/m0./s1. The first-order valence-electron chi connectivity index (χ1n) is 20.7. The summed E-state index contributed by atoms with van der Waals surface area (Å²) in [7, 11) is 0. The molecule has 9 heteroatoms. The second-order valence-electron chi connectivity index (χ2n) is 14.2. The first kappa shape index (κ1) is 49.9. The lowest BCUT2D eigenvalue weighted by molar-refractivity contribution is -0.158. The molecule has 0 unspecified atom stereocenters. The minimum Gasteiger partial charge on any atom is -0.387 e. The number of carbonyl (C=O) groups is 2. The minimum atomic E-state index is -2.01. The van der Waals surface area contributed by atoms with Crippen molar-refractivity contribution in [2.45, 2.75) is 231 Å². The Morgan fingerprint density at radius 3 is 1.00 bits per heavy atom. The molecule has 0 aliphatic heterocycles. The number of amides is 2. The van der Waals surface area contributed by atoms with Crippen LogP contribution in [0.1, 0.15) is 206 Å². The van der Waals surface area contributed by atoms with Crippen molar-refractivity contribution in [3.63, 3.8) is 0 Å². The quantitative estimate of drug-likeness (QED) is 0.0354. The van der Waals surface area contributed by atoms with Crippen molar-refractivity contribution in [3.05, 3.63) is 0 Å². The molecule has 0 aromatic heterocycles. The highest BCUT2D eigenvalue weighted by Gasteiger charge is 2.37. The number of hydrogen-bond acceptors (Lipinski definition) is 7. The fourth-order valence-electron chi connectivity index (χ4n) is 6.08. The number of hydrogen-bond donors (Lipinski definition) is 6. The van der Waals surface area contributed by atoms with Crippen molar-refractivity contribution < 1.29 is 29.6 Å². The molecule has 0 bridgehead atoms. The molecule has 0 saturated carbocycles. The van der Waals surface area contributed by atoms with E-state index in [0.717, 1.165) is 25.8 Å². The molecule has 0 spiro atoms. The SMILES string of the molecule is CCCCCCCCCCCCCCCCCN.CCCCCCCCCCCCCCCCCO[C@@H](C(N)=O)[C@@H](O)[C@H](O)[C@H](O)C(N)=O. The van der Waals surface area contributed by atoms with Crippen molar-refractivity contribution in [3.8, 4) is 0 Å². The molecule has 0 fully saturated rings. The Morgan fingerprint density at radius 1 is 0.449 bits per heavy atom. The molecule has 2 amide bonds. The lowest BCUT2D eigenvalue weighted by atomic mass is 10.0. The molecule has 0 saturated heterocycles. The molecule has 49 heavy (non-hydrogen) atoms. The van der Waals surface area contributed by atoms with E-state index in [2.05, 4.69) is 13.8 Å². The number of carbonyl (C=O) groups excluding carboxylic acids is 2. The maximum atomic E-state index is 11.5. The van der Waals surface area contributed by atoms with Gasteiger partial charge in [0.25, 0.3) is 0 Å². The predicted molar refractivity (Wildman–Crippen MR) is 205 cm³/mol. The van der Waals surface area contributed by atoms with Gasteiger partial charge in [0.1, 0.15) is 12.2 Å². The summed E-state index contributed by atoms with van der Waals surface area (Å²) in [6.45, 7) is 5.59. The zero-order valence-corrected chi connectivity index (χ0v) is 32.2. The molecule has 0 heterocycles. The van der Waals surface area contributed by atoms with Gasteiger partial charge in [0, 0.05) is 6.61 Å². The first-order chi connectivity index (χ1) is 23.7. The fourth-order valence-corrected chi connectivity index (χ4v) is 6.08. The molecule has 9 N–H and O–H groups in total. The van der Waals surface area contributed by atoms with Crippen LogP contribution in [0.3, 0.4) is 0 Å². The largest absolute Gasteiger partial charge is 0.387 e. The number of primary amides is 2. The second kappa shape index (κ2) is 39.5. The maximum absolute atomic E-state index is 11.5. The number of aliphatic hydroxyl groups is 3. The summed E-state index contributed by atoms with van der Waals surface area (Å²) in [4.78, 5) is 22.4. The predicted octanol–water partition coefficient (Wildman–Crippen LogP) is 8.11. The van der Waals surface area contributed by atoms with Gasteiger partial charge in [0.15, 0.2) is 12.2 Å². The van der Waals surface area contributed by atoms with Gasteiger partial charge in [0.05, 0.1) is 0 Å². The molecule has 0 radical (unpaired) electrons. The second-order valence-corrected chi connectivity index (χ2v) is 14.2. The Balaban J connectivity index is 0. The van der Waals surface area contributed by atoms with Crippen LogP contribution in [-0.2, 0) is 14.3 Å². The Labute approximate surface area is 302 Å². The molecule has 0 aliphatic rings. The first-order valence-corrected chi connectivity index (χ1v) is 20.7. The number of ether oxygens (including phenoxy) is 1. The van der Waals surface area contributed by atoms with Gasteiger partial charge in [-0.25, -0.2) is 0 Å². The summed E-state index contributed by atoms with van der Waals surface area (Å²) >= 11 is 0. The summed E-state index contributed by atoms with van der Waals surface area (Å²) in [5.41, 5.74) is 15.5. The van der Waals surface area contributed by atoms with Crippen LogP contribution in [0.4, 0.5) is 0 Å². The van der Waals surface area contributed by atoms with Gasteiger partial charge >= 0.3 is 0 Å². The van der Waals surface area contributed by atoms with Crippen LogP contribution in [0.2, 0.25) is 0 Å². The third-order valence-electron chi connectivity index (χ3n) is 9.41. The molecule has 294 valence electrons. The van der Waals surface area contributed by atoms with Crippen LogP contribution in [0.25, 0.3) is 0 Å². The average molecular weight is 702 g/mol. The summed E-state index contributed by atoms with van der Waals surface area (Å²) in [5.74, 6) is -2.19. The molecule has 4 atom stereocenters. The van der Waals surface area contributed by atoms with E-state index in [1.54, 1.807) is 0 Å². The van der Waals surface area contributed by atoms with E-state index in [4.69, 9.17) is 21.9 Å². The van der Waals surface area contributed by atoms with E-state index in [0.29, 0.717) is 6.42 Å². The van der Waals surface area contributed by atoms with Crippen molar-refractivity contribution in [2.24, 2.45) is 17.2 Å². The molecular formula is C40H83N3O6. The normalized spacial score (nSPS) is 13.8. The van der Waals surface area contributed by atoms with E-state index >= 15 is 0 Å². The fraction of sp³-hybridized carbons (Fsp3) is 0.950. The molecular weight excluding hydrogens is 618 g/mol. The van der Waals surface area contributed by atoms with Crippen LogP contribution in [0, 0.1) is 0 Å². The smallest absolute Gasteiger partial charge is 0.249 e. The number of nitrogens with two attached hydrogens (primary N) is 3. The molecule has 0 rings (SSSR count). The lowest BCUT2D eigenvalue weighted by Crippen LogP contribution is -2.53. The van der Waals surface area contributed by atoms with Crippen LogP contribution in [0.5, 0.6) is 0 Å². The lowest BCUT2D eigenvalue weighted by Gasteiger charge is -2.26. The van der Waals surface area contributed by atoms with Crippen molar-refractivity contribution in [2.75, 3.05) is 13.2 Å². The van der Waals surface area contributed by atoms with Gasteiger partial charge in [-0.15, -0.1) is 0 Å². The molecule has 0 aliphatic carbocycles. The van der Waals surface area contributed by atoms with Gasteiger partial charge in [0.2, 0.25) is 11.8 Å². The number of unbranched alkanes of at least 4 members (excludes halogenated alkanes) is 28. The van der Waals surface area contributed by atoms with E-state index in [-0.39, 0.29) is 6.61 Å². The monoisotopic (exact) mass is 702 g/mol.